The third-order valence-corrected chi connectivity index (χ3v) is 4.42. The van der Waals surface area contributed by atoms with Crippen LogP contribution in [-0.4, -0.2) is 17.0 Å². The highest BCUT2D eigenvalue weighted by atomic mass is 16.4. The molecule has 1 aliphatic heterocycles. The Morgan fingerprint density at radius 1 is 1.37 bits per heavy atom. The molecule has 1 saturated carbocycles. The Kier molecular flexibility index (Phi) is 2.31. The van der Waals surface area contributed by atoms with Crippen LogP contribution in [0.25, 0.3) is 0 Å². The Hall–Kier alpha value is -1.84. The first-order valence-corrected chi connectivity index (χ1v) is 6.53. The number of hydrogen-bond acceptors (Lipinski definition) is 2. The molecule has 1 aromatic rings. The number of fused-ring (bicyclic) bond motifs is 1. The summed E-state index contributed by atoms with van der Waals surface area (Å²) < 4.78 is 0. The molecular formula is C15H17NO3. The normalized spacial score (nSPS) is 21.7. The Labute approximate surface area is 111 Å². The Morgan fingerprint density at radius 2 is 2.05 bits per heavy atom. The molecule has 0 radical (unpaired) electrons. The van der Waals surface area contributed by atoms with Crippen LogP contribution in [0.15, 0.2) is 18.2 Å². The molecule has 19 heavy (non-hydrogen) atoms. The molecule has 0 atom stereocenters. The Balaban J connectivity index is 1.93. The fourth-order valence-electron chi connectivity index (χ4n) is 2.74. The van der Waals surface area contributed by atoms with Gasteiger partial charge in [-0.2, -0.15) is 0 Å². The van der Waals surface area contributed by atoms with E-state index in [0.717, 1.165) is 29.7 Å². The van der Waals surface area contributed by atoms with Crippen molar-refractivity contribution in [3.8, 4) is 0 Å². The van der Waals surface area contributed by atoms with Gasteiger partial charge < -0.3 is 10.4 Å². The summed E-state index contributed by atoms with van der Waals surface area (Å²) in [7, 11) is 0. The van der Waals surface area contributed by atoms with Crippen LogP contribution in [0.2, 0.25) is 0 Å². The molecule has 0 saturated heterocycles. The zero-order valence-corrected chi connectivity index (χ0v) is 11.1. The number of carboxylic acid groups (broad SMARTS) is 1. The molecule has 0 aromatic heterocycles. The molecule has 100 valence electrons. The molecule has 1 aromatic carbocycles. The van der Waals surface area contributed by atoms with Crippen LogP contribution in [-0.2, 0) is 21.4 Å². The van der Waals surface area contributed by atoms with E-state index < -0.39 is 16.8 Å². The Morgan fingerprint density at radius 3 is 2.63 bits per heavy atom. The number of rotatable bonds is 3. The maximum absolute atomic E-state index is 11.9. The number of benzene rings is 1. The van der Waals surface area contributed by atoms with Crippen LogP contribution < -0.4 is 5.32 Å². The summed E-state index contributed by atoms with van der Waals surface area (Å²) in [5.41, 5.74) is 1.72. The molecule has 0 bridgehead atoms. The third kappa shape index (κ3) is 1.74. The van der Waals surface area contributed by atoms with E-state index in [1.54, 1.807) is 0 Å². The lowest BCUT2D eigenvalue weighted by atomic mass is 9.84. The second kappa shape index (κ2) is 3.59. The van der Waals surface area contributed by atoms with E-state index >= 15 is 0 Å². The van der Waals surface area contributed by atoms with Gasteiger partial charge in [-0.05, 0) is 50.3 Å². The van der Waals surface area contributed by atoms with Crippen molar-refractivity contribution in [1.29, 1.82) is 0 Å². The van der Waals surface area contributed by atoms with E-state index in [9.17, 15) is 14.7 Å². The highest BCUT2D eigenvalue weighted by Gasteiger charge is 2.50. The zero-order valence-electron chi connectivity index (χ0n) is 11.1. The van der Waals surface area contributed by atoms with Crippen molar-refractivity contribution >= 4 is 17.6 Å². The fraction of sp³-hybridized carbons (Fsp3) is 0.467. The van der Waals surface area contributed by atoms with Crippen LogP contribution in [0, 0.1) is 5.41 Å². The number of carbonyl (C=O) groups excluding carboxylic acids is 1. The maximum atomic E-state index is 11.9. The summed E-state index contributed by atoms with van der Waals surface area (Å²) in [5.74, 6) is -0.708. The standard InChI is InChI=1S/C15H17NO3/c1-14(2)10-7-9(3-4-11(10)16-12(14)17)8-15(5-6-15)13(18)19/h3-4,7H,5-6,8H2,1-2H3,(H,16,17)(H,18,19). The average Bonchev–Trinajstić information content (AvgIpc) is 3.07. The van der Waals surface area contributed by atoms with Crippen molar-refractivity contribution in [2.75, 3.05) is 5.32 Å². The van der Waals surface area contributed by atoms with Gasteiger partial charge in [-0.15, -0.1) is 0 Å². The van der Waals surface area contributed by atoms with E-state index in [-0.39, 0.29) is 5.91 Å². The lowest BCUT2D eigenvalue weighted by Gasteiger charge is -2.17. The average molecular weight is 259 g/mol. The largest absolute Gasteiger partial charge is 0.481 e. The summed E-state index contributed by atoms with van der Waals surface area (Å²) in [6.07, 6.45) is 2.06. The van der Waals surface area contributed by atoms with E-state index in [2.05, 4.69) is 5.32 Å². The summed E-state index contributed by atoms with van der Waals surface area (Å²) in [6.45, 7) is 3.78. The molecule has 1 heterocycles. The molecule has 1 aliphatic carbocycles. The van der Waals surface area contributed by atoms with Crippen LogP contribution in [0.4, 0.5) is 5.69 Å². The van der Waals surface area contributed by atoms with Crippen molar-refractivity contribution in [3.63, 3.8) is 0 Å². The minimum atomic E-state index is -0.707. The van der Waals surface area contributed by atoms with E-state index in [0.29, 0.717) is 6.42 Å². The van der Waals surface area contributed by atoms with Crippen molar-refractivity contribution < 1.29 is 14.7 Å². The van der Waals surface area contributed by atoms with Gasteiger partial charge in [-0.25, -0.2) is 0 Å². The molecule has 4 heteroatoms. The minimum Gasteiger partial charge on any atom is -0.481 e. The van der Waals surface area contributed by atoms with Gasteiger partial charge >= 0.3 is 5.97 Å². The summed E-state index contributed by atoms with van der Waals surface area (Å²) in [6, 6.07) is 5.79. The van der Waals surface area contributed by atoms with Gasteiger partial charge in [-0.1, -0.05) is 12.1 Å². The number of anilines is 1. The molecule has 2 aliphatic rings. The second-order valence-electron chi connectivity index (χ2n) is 6.22. The van der Waals surface area contributed by atoms with E-state index in [1.807, 2.05) is 32.0 Å². The van der Waals surface area contributed by atoms with Gasteiger partial charge in [0.1, 0.15) is 0 Å². The molecule has 0 unspecified atom stereocenters. The number of carbonyl (C=O) groups is 2. The first kappa shape index (κ1) is 12.2. The van der Waals surface area contributed by atoms with Crippen LogP contribution in [0.3, 0.4) is 0 Å². The van der Waals surface area contributed by atoms with Gasteiger partial charge in [0, 0.05) is 5.69 Å². The molecule has 0 spiro atoms. The fourth-order valence-corrected chi connectivity index (χ4v) is 2.74. The predicted octanol–water partition coefficient (Wildman–Crippen LogP) is 2.32. The molecule has 3 rings (SSSR count). The Bertz CT molecular complexity index is 585. The molecule has 1 fully saturated rings. The number of hydrogen-bond donors (Lipinski definition) is 2. The topological polar surface area (TPSA) is 66.4 Å². The van der Waals surface area contributed by atoms with Gasteiger partial charge in [0.05, 0.1) is 10.8 Å². The van der Waals surface area contributed by atoms with Gasteiger partial charge in [0.2, 0.25) is 5.91 Å². The number of aliphatic carboxylic acids is 1. The number of nitrogens with one attached hydrogen (secondary N) is 1. The molecule has 4 nitrogen and oxygen atoms in total. The summed E-state index contributed by atoms with van der Waals surface area (Å²) >= 11 is 0. The SMILES string of the molecule is CC1(C)C(=O)Nc2ccc(CC3(C(=O)O)CC3)cc21. The molecule has 2 N–H and O–H groups in total. The van der Waals surface area contributed by atoms with E-state index in [4.69, 9.17) is 0 Å². The monoisotopic (exact) mass is 259 g/mol. The lowest BCUT2D eigenvalue weighted by Crippen LogP contribution is -2.27. The van der Waals surface area contributed by atoms with Gasteiger partial charge in [0.25, 0.3) is 0 Å². The highest BCUT2D eigenvalue weighted by molar-refractivity contribution is 6.05. The van der Waals surface area contributed by atoms with Gasteiger partial charge in [-0.3, -0.25) is 9.59 Å². The second-order valence-corrected chi connectivity index (χ2v) is 6.22. The quantitative estimate of drug-likeness (QED) is 0.875. The van der Waals surface area contributed by atoms with E-state index in [1.165, 1.54) is 0 Å². The van der Waals surface area contributed by atoms with Crippen LogP contribution in [0.5, 0.6) is 0 Å². The lowest BCUT2D eigenvalue weighted by molar-refractivity contribution is -0.143. The molecular weight excluding hydrogens is 242 g/mol. The van der Waals surface area contributed by atoms with Crippen molar-refractivity contribution in [2.45, 2.75) is 38.5 Å². The molecule has 1 amide bonds. The van der Waals surface area contributed by atoms with Crippen LogP contribution >= 0.6 is 0 Å². The summed E-state index contributed by atoms with van der Waals surface area (Å²) in [4.78, 5) is 23.1. The van der Waals surface area contributed by atoms with Crippen LogP contribution in [0.1, 0.15) is 37.8 Å². The summed E-state index contributed by atoms with van der Waals surface area (Å²) in [5, 5.41) is 12.1. The highest BCUT2D eigenvalue weighted by Crippen LogP contribution is 2.49. The van der Waals surface area contributed by atoms with Crippen molar-refractivity contribution in [2.24, 2.45) is 5.41 Å². The maximum Gasteiger partial charge on any atom is 0.309 e. The minimum absolute atomic E-state index is 0.000908. The first-order chi connectivity index (χ1) is 8.85. The zero-order chi connectivity index (χ0) is 13.8. The first-order valence-electron chi connectivity index (χ1n) is 6.53. The third-order valence-electron chi connectivity index (χ3n) is 4.42. The van der Waals surface area contributed by atoms with Gasteiger partial charge in [0.15, 0.2) is 0 Å². The number of carboxylic acids is 1. The smallest absolute Gasteiger partial charge is 0.309 e. The van der Waals surface area contributed by atoms with Crippen molar-refractivity contribution in [1.82, 2.24) is 0 Å². The number of amides is 1. The van der Waals surface area contributed by atoms with Crippen molar-refractivity contribution in [3.05, 3.63) is 29.3 Å². The predicted molar refractivity (Wildman–Crippen MR) is 71.1 cm³/mol.